The van der Waals surface area contributed by atoms with Crippen LogP contribution in [0.4, 0.5) is 4.39 Å². The molecular weight excluding hydrogens is 231 g/mol. The number of benzene rings is 1. The number of aryl methyl sites for hydroxylation is 1. The van der Waals surface area contributed by atoms with Crippen LogP contribution in [0.15, 0.2) is 36.7 Å². The first-order chi connectivity index (χ1) is 8.70. The second-order valence-corrected chi connectivity index (χ2v) is 4.10. The number of nitrogens with one attached hydrogen (secondary N) is 1. The molecule has 0 aliphatic carbocycles. The van der Waals surface area contributed by atoms with E-state index in [1.165, 1.54) is 12.1 Å². The average Bonchev–Trinajstić information content (AvgIpc) is 2.41. The molecule has 0 radical (unpaired) electrons. The summed E-state index contributed by atoms with van der Waals surface area (Å²) < 4.78 is 13.2. The van der Waals surface area contributed by atoms with Crippen LogP contribution in [0.5, 0.6) is 0 Å². The summed E-state index contributed by atoms with van der Waals surface area (Å²) in [5.74, 6) is 5.87. The normalized spacial score (nSPS) is 12.4. The Kier molecular flexibility index (Phi) is 3.96. The molecule has 2 aromatic rings. The third-order valence-electron chi connectivity index (χ3n) is 2.83. The highest BCUT2D eigenvalue weighted by Gasteiger charge is 2.14. The van der Waals surface area contributed by atoms with Crippen LogP contribution in [0, 0.1) is 12.7 Å². The second kappa shape index (κ2) is 5.66. The van der Waals surface area contributed by atoms with Gasteiger partial charge in [-0.2, -0.15) is 0 Å². The number of halogens is 1. The molecule has 2 rings (SSSR count). The Labute approximate surface area is 105 Å². The number of hydrogen-bond acceptors (Lipinski definition) is 4. The van der Waals surface area contributed by atoms with Crippen LogP contribution in [0.1, 0.15) is 23.0 Å². The van der Waals surface area contributed by atoms with Crippen LogP contribution in [-0.4, -0.2) is 9.97 Å². The van der Waals surface area contributed by atoms with Gasteiger partial charge < -0.3 is 0 Å². The minimum atomic E-state index is -0.250. The molecule has 4 nitrogen and oxygen atoms in total. The van der Waals surface area contributed by atoms with Gasteiger partial charge in [0.05, 0.1) is 6.04 Å². The molecule has 1 unspecified atom stereocenters. The fraction of sp³-hybridized carbons (Fsp3) is 0.231. The van der Waals surface area contributed by atoms with Crippen LogP contribution >= 0.6 is 0 Å². The number of rotatable bonds is 4. The monoisotopic (exact) mass is 246 g/mol. The summed E-state index contributed by atoms with van der Waals surface area (Å²) in [6, 6.07) is 6.23. The van der Waals surface area contributed by atoms with Gasteiger partial charge in [-0.25, -0.2) is 19.8 Å². The molecule has 1 aromatic carbocycles. The summed E-state index contributed by atoms with van der Waals surface area (Å²) in [4.78, 5) is 8.30. The van der Waals surface area contributed by atoms with E-state index in [1.807, 2.05) is 6.92 Å². The maximum atomic E-state index is 13.2. The van der Waals surface area contributed by atoms with Crippen LogP contribution in [0.25, 0.3) is 0 Å². The largest absolute Gasteiger partial charge is 0.271 e. The van der Waals surface area contributed by atoms with Gasteiger partial charge in [-0.15, -0.1) is 0 Å². The average molecular weight is 246 g/mol. The van der Waals surface area contributed by atoms with E-state index < -0.39 is 0 Å². The van der Waals surface area contributed by atoms with Crippen molar-refractivity contribution in [2.45, 2.75) is 19.4 Å². The van der Waals surface area contributed by atoms with E-state index in [9.17, 15) is 4.39 Å². The first-order valence-electron chi connectivity index (χ1n) is 5.69. The Balaban J connectivity index is 2.23. The summed E-state index contributed by atoms with van der Waals surface area (Å²) >= 11 is 0. The molecule has 0 fully saturated rings. The van der Waals surface area contributed by atoms with E-state index in [4.69, 9.17) is 5.84 Å². The first kappa shape index (κ1) is 12.6. The Hall–Kier alpha value is -1.85. The van der Waals surface area contributed by atoms with Crippen molar-refractivity contribution in [2.75, 3.05) is 0 Å². The summed E-state index contributed by atoms with van der Waals surface area (Å²) in [7, 11) is 0. The van der Waals surface area contributed by atoms with Gasteiger partial charge in [0.15, 0.2) is 0 Å². The van der Waals surface area contributed by atoms with Crippen molar-refractivity contribution in [3.8, 4) is 0 Å². The van der Waals surface area contributed by atoms with Gasteiger partial charge in [0.2, 0.25) is 0 Å². The summed E-state index contributed by atoms with van der Waals surface area (Å²) in [5, 5.41) is 0. The molecule has 0 aliphatic rings. The predicted molar refractivity (Wildman–Crippen MR) is 66.9 cm³/mol. The molecule has 18 heavy (non-hydrogen) atoms. The molecule has 0 saturated carbocycles. The Morgan fingerprint density at radius 1 is 1.33 bits per heavy atom. The standard InChI is InChI=1S/C13H15FN4/c1-9-3-4-11(14)7-10(9)8-12(18-15)13-16-5-2-6-17-13/h2-7,12,18H,8,15H2,1H3. The Bertz CT molecular complexity index is 516. The van der Waals surface area contributed by atoms with E-state index in [1.54, 1.807) is 24.5 Å². The zero-order valence-corrected chi connectivity index (χ0v) is 10.1. The third kappa shape index (κ3) is 2.88. The molecule has 0 saturated heterocycles. The number of hydrogen-bond donors (Lipinski definition) is 2. The van der Waals surface area contributed by atoms with Crippen molar-refractivity contribution in [3.05, 3.63) is 59.4 Å². The second-order valence-electron chi connectivity index (χ2n) is 4.10. The first-order valence-corrected chi connectivity index (χ1v) is 5.69. The van der Waals surface area contributed by atoms with Crippen LogP contribution < -0.4 is 11.3 Å². The fourth-order valence-electron chi connectivity index (χ4n) is 1.80. The summed E-state index contributed by atoms with van der Waals surface area (Å²) in [6.45, 7) is 1.94. The molecule has 94 valence electrons. The smallest absolute Gasteiger partial charge is 0.146 e. The summed E-state index contributed by atoms with van der Waals surface area (Å²) in [5.41, 5.74) is 4.58. The van der Waals surface area contributed by atoms with Crippen molar-refractivity contribution in [1.82, 2.24) is 15.4 Å². The van der Waals surface area contributed by atoms with Gasteiger partial charge in [0, 0.05) is 12.4 Å². The highest BCUT2D eigenvalue weighted by atomic mass is 19.1. The Morgan fingerprint density at radius 2 is 2.06 bits per heavy atom. The van der Waals surface area contributed by atoms with Gasteiger partial charge in [0.25, 0.3) is 0 Å². The van der Waals surface area contributed by atoms with Crippen molar-refractivity contribution < 1.29 is 4.39 Å². The highest BCUT2D eigenvalue weighted by molar-refractivity contribution is 5.28. The van der Waals surface area contributed by atoms with E-state index >= 15 is 0 Å². The van der Waals surface area contributed by atoms with Crippen molar-refractivity contribution in [1.29, 1.82) is 0 Å². The topological polar surface area (TPSA) is 63.8 Å². The van der Waals surface area contributed by atoms with Gasteiger partial charge in [-0.1, -0.05) is 6.07 Å². The zero-order valence-electron chi connectivity index (χ0n) is 10.1. The molecule has 1 atom stereocenters. The lowest BCUT2D eigenvalue weighted by Crippen LogP contribution is -2.31. The number of nitrogens with two attached hydrogens (primary N) is 1. The quantitative estimate of drug-likeness (QED) is 0.636. The van der Waals surface area contributed by atoms with Crippen LogP contribution in [0.2, 0.25) is 0 Å². The van der Waals surface area contributed by atoms with Crippen molar-refractivity contribution in [2.24, 2.45) is 5.84 Å². The number of hydrazine groups is 1. The minimum absolute atomic E-state index is 0.230. The molecule has 0 aliphatic heterocycles. The molecular formula is C13H15FN4. The maximum Gasteiger partial charge on any atom is 0.146 e. The van der Waals surface area contributed by atoms with E-state index in [0.717, 1.165) is 11.1 Å². The van der Waals surface area contributed by atoms with E-state index in [-0.39, 0.29) is 11.9 Å². The van der Waals surface area contributed by atoms with E-state index in [2.05, 4.69) is 15.4 Å². The lowest BCUT2D eigenvalue weighted by molar-refractivity contribution is 0.519. The number of nitrogens with zero attached hydrogens (tertiary/aromatic N) is 2. The third-order valence-corrected chi connectivity index (χ3v) is 2.83. The molecule has 0 amide bonds. The molecule has 1 aromatic heterocycles. The Morgan fingerprint density at radius 3 is 2.72 bits per heavy atom. The van der Waals surface area contributed by atoms with Crippen molar-refractivity contribution >= 4 is 0 Å². The summed E-state index contributed by atoms with van der Waals surface area (Å²) in [6.07, 6.45) is 3.86. The van der Waals surface area contributed by atoms with Gasteiger partial charge in [0.1, 0.15) is 11.6 Å². The molecule has 0 spiro atoms. The van der Waals surface area contributed by atoms with Gasteiger partial charge >= 0.3 is 0 Å². The van der Waals surface area contributed by atoms with Gasteiger partial charge in [-0.05, 0) is 42.7 Å². The lowest BCUT2D eigenvalue weighted by atomic mass is 10.0. The van der Waals surface area contributed by atoms with Gasteiger partial charge in [-0.3, -0.25) is 5.84 Å². The van der Waals surface area contributed by atoms with E-state index in [0.29, 0.717) is 12.2 Å². The molecule has 5 heteroatoms. The SMILES string of the molecule is Cc1ccc(F)cc1CC(NN)c1ncccn1. The fourth-order valence-corrected chi connectivity index (χ4v) is 1.80. The molecule has 1 heterocycles. The molecule has 0 bridgehead atoms. The predicted octanol–water partition coefficient (Wildman–Crippen LogP) is 1.67. The van der Waals surface area contributed by atoms with Crippen LogP contribution in [0.3, 0.4) is 0 Å². The van der Waals surface area contributed by atoms with Crippen LogP contribution in [-0.2, 0) is 6.42 Å². The molecule has 3 N–H and O–H groups in total. The lowest BCUT2D eigenvalue weighted by Gasteiger charge is -2.15. The zero-order chi connectivity index (χ0) is 13.0. The van der Waals surface area contributed by atoms with Crippen molar-refractivity contribution in [3.63, 3.8) is 0 Å². The number of aromatic nitrogens is 2. The maximum absolute atomic E-state index is 13.2. The highest BCUT2D eigenvalue weighted by Crippen LogP contribution is 2.18. The minimum Gasteiger partial charge on any atom is -0.271 e.